The van der Waals surface area contributed by atoms with Crippen molar-refractivity contribution < 1.29 is 4.79 Å². The summed E-state index contributed by atoms with van der Waals surface area (Å²) < 4.78 is 0. The number of benzene rings is 3. The van der Waals surface area contributed by atoms with Crippen LogP contribution in [0.5, 0.6) is 0 Å². The molecule has 1 N–H and O–H groups in total. The molecule has 0 saturated heterocycles. The number of nitrogens with zero attached hydrogens (tertiary/aromatic N) is 2. The topological polar surface area (TPSA) is 66.1 Å². The first-order valence-corrected chi connectivity index (χ1v) is 15.4. The van der Waals surface area contributed by atoms with E-state index in [4.69, 9.17) is 16.6 Å². The van der Waals surface area contributed by atoms with Gasteiger partial charge >= 0.3 is 0 Å². The van der Waals surface area contributed by atoms with Crippen molar-refractivity contribution in [2.75, 3.05) is 6.54 Å². The number of rotatable bonds is 6. The number of hydrogen-bond acceptors (Lipinski definition) is 3. The summed E-state index contributed by atoms with van der Waals surface area (Å²) in [5, 5.41) is 0.682. The first kappa shape index (κ1) is 26.9. The van der Waals surface area contributed by atoms with E-state index in [1.54, 1.807) is 4.90 Å². The van der Waals surface area contributed by atoms with Gasteiger partial charge in [-0.3, -0.25) is 9.59 Å². The molecule has 0 radical (unpaired) electrons. The fraction of sp³-hybridized carbons (Fsp3) is 0.306. The van der Waals surface area contributed by atoms with E-state index in [1.165, 1.54) is 29.5 Å². The van der Waals surface area contributed by atoms with Gasteiger partial charge in [-0.05, 0) is 84.0 Å². The average molecular weight is 576 g/mol. The second kappa shape index (κ2) is 11.0. The zero-order chi connectivity index (χ0) is 28.7. The first-order valence-electron chi connectivity index (χ1n) is 15.0. The summed E-state index contributed by atoms with van der Waals surface area (Å²) in [5.41, 5.74) is 8.06. The summed E-state index contributed by atoms with van der Waals surface area (Å²) in [6.45, 7) is 0.855. The van der Waals surface area contributed by atoms with Gasteiger partial charge in [-0.25, -0.2) is 4.98 Å². The summed E-state index contributed by atoms with van der Waals surface area (Å²) in [6, 6.07) is 24.6. The Kier molecular flexibility index (Phi) is 7.07. The van der Waals surface area contributed by atoms with Crippen LogP contribution in [-0.2, 0) is 29.6 Å². The quantitative estimate of drug-likeness (QED) is 0.263. The van der Waals surface area contributed by atoms with Crippen molar-refractivity contribution in [3.05, 3.63) is 128 Å². The van der Waals surface area contributed by atoms with Crippen molar-refractivity contribution in [1.82, 2.24) is 14.9 Å². The molecule has 3 aliphatic rings. The van der Waals surface area contributed by atoms with Gasteiger partial charge in [0.25, 0.3) is 5.56 Å². The lowest BCUT2D eigenvalue weighted by molar-refractivity contribution is -0.131. The van der Waals surface area contributed by atoms with Gasteiger partial charge in [0.2, 0.25) is 5.91 Å². The lowest BCUT2D eigenvalue weighted by Crippen LogP contribution is -2.41. The van der Waals surface area contributed by atoms with Crippen LogP contribution in [0.25, 0.3) is 16.7 Å². The molecule has 1 amide bonds. The average Bonchev–Trinajstić information content (AvgIpc) is 3.84. The van der Waals surface area contributed by atoms with Gasteiger partial charge in [-0.2, -0.15) is 0 Å². The summed E-state index contributed by atoms with van der Waals surface area (Å²) >= 11 is 6.18. The molecule has 7 rings (SSSR count). The van der Waals surface area contributed by atoms with Crippen molar-refractivity contribution in [3.8, 4) is 11.1 Å². The zero-order valence-electron chi connectivity index (χ0n) is 23.7. The van der Waals surface area contributed by atoms with Crippen molar-refractivity contribution >= 4 is 23.1 Å². The highest BCUT2D eigenvalue weighted by molar-refractivity contribution is 6.30. The molecule has 1 aromatic heterocycles. The Hall–Kier alpha value is -3.96. The standard InChI is InChI=1S/C36H34ClN3O2/c37-30-14-6-12-28(22-30)26-10-4-7-24(19-26)20-33(41)40-18-15-32-31(23-40)34(42)39-35(38-32)36(16-17-36)29-13-5-11-27(21-29)25-8-2-1-3-9-25/h4-8,10-14,19,21-22H,1-3,9,15-18,20,23H2,(H,38,39,42). The summed E-state index contributed by atoms with van der Waals surface area (Å²) in [5.74, 6) is 0.790. The fourth-order valence-corrected chi connectivity index (χ4v) is 6.77. The number of carbonyl (C=O) groups excluding carboxylic acids is 1. The van der Waals surface area contributed by atoms with Crippen molar-refractivity contribution in [1.29, 1.82) is 0 Å². The number of halogens is 1. The molecule has 5 nitrogen and oxygen atoms in total. The number of aromatic amines is 1. The third kappa shape index (κ3) is 5.22. The molecule has 212 valence electrons. The Morgan fingerprint density at radius 3 is 2.50 bits per heavy atom. The lowest BCUT2D eigenvalue weighted by atomic mass is 9.88. The van der Waals surface area contributed by atoms with E-state index in [2.05, 4.69) is 35.3 Å². The minimum absolute atomic E-state index is 0.0138. The van der Waals surface area contributed by atoms with Crippen LogP contribution < -0.4 is 5.56 Å². The Labute approximate surface area is 251 Å². The predicted octanol–water partition coefficient (Wildman–Crippen LogP) is 7.26. The highest BCUT2D eigenvalue weighted by Gasteiger charge is 2.49. The van der Waals surface area contributed by atoms with Gasteiger partial charge < -0.3 is 9.88 Å². The Morgan fingerprint density at radius 2 is 1.71 bits per heavy atom. The number of allylic oxidation sites excluding steroid dienone is 2. The van der Waals surface area contributed by atoms with Crippen molar-refractivity contribution in [3.63, 3.8) is 0 Å². The minimum atomic E-state index is -0.222. The van der Waals surface area contributed by atoms with E-state index in [0.717, 1.165) is 53.9 Å². The molecule has 0 bridgehead atoms. The Morgan fingerprint density at radius 1 is 0.929 bits per heavy atom. The Balaban J connectivity index is 1.09. The number of carbonyl (C=O) groups is 1. The highest BCUT2D eigenvalue weighted by atomic mass is 35.5. The number of nitrogens with one attached hydrogen (secondary N) is 1. The van der Waals surface area contributed by atoms with Crippen molar-refractivity contribution in [2.45, 2.75) is 63.3 Å². The van der Waals surface area contributed by atoms with E-state index in [0.29, 0.717) is 30.1 Å². The zero-order valence-corrected chi connectivity index (χ0v) is 24.4. The maximum Gasteiger partial charge on any atom is 0.256 e. The number of fused-ring (bicyclic) bond motifs is 1. The third-order valence-corrected chi connectivity index (χ3v) is 9.38. The maximum absolute atomic E-state index is 13.4. The minimum Gasteiger partial charge on any atom is -0.337 e. The summed E-state index contributed by atoms with van der Waals surface area (Å²) in [6.07, 6.45) is 10.0. The fourth-order valence-electron chi connectivity index (χ4n) is 6.58. The van der Waals surface area contributed by atoms with E-state index >= 15 is 0 Å². The highest BCUT2D eigenvalue weighted by Crippen LogP contribution is 2.52. The molecule has 4 aromatic rings. The second-order valence-electron chi connectivity index (χ2n) is 11.9. The van der Waals surface area contributed by atoms with Crippen LogP contribution >= 0.6 is 11.6 Å². The van der Waals surface area contributed by atoms with Crippen LogP contribution in [0.2, 0.25) is 5.02 Å². The largest absolute Gasteiger partial charge is 0.337 e. The second-order valence-corrected chi connectivity index (χ2v) is 12.4. The summed E-state index contributed by atoms with van der Waals surface area (Å²) in [4.78, 5) is 36.7. The number of H-pyrrole nitrogens is 1. The van der Waals surface area contributed by atoms with Crippen LogP contribution in [0.4, 0.5) is 0 Å². The van der Waals surface area contributed by atoms with E-state index in [1.807, 2.05) is 48.5 Å². The molecule has 0 unspecified atom stereocenters. The van der Waals surface area contributed by atoms with Crippen LogP contribution in [0, 0.1) is 0 Å². The van der Waals surface area contributed by atoms with Crippen LogP contribution in [0.3, 0.4) is 0 Å². The maximum atomic E-state index is 13.4. The first-order chi connectivity index (χ1) is 20.5. The molecule has 42 heavy (non-hydrogen) atoms. The predicted molar refractivity (Wildman–Crippen MR) is 167 cm³/mol. The van der Waals surface area contributed by atoms with Gasteiger partial charge in [-0.1, -0.05) is 78.3 Å². The molecule has 0 atom stereocenters. The lowest BCUT2D eigenvalue weighted by Gasteiger charge is -2.29. The van der Waals surface area contributed by atoms with Gasteiger partial charge in [0.1, 0.15) is 5.82 Å². The molecule has 1 aliphatic heterocycles. The number of amides is 1. The molecule has 0 spiro atoms. The number of hydrogen-bond donors (Lipinski definition) is 1. The molecule has 2 heterocycles. The van der Waals surface area contributed by atoms with Gasteiger partial charge in [0.05, 0.1) is 29.6 Å². The van der Waals surface area contributed by atoms with Crippen LogP contribution in [0.15, 0.2) is 83.7 Å². The van der Waals surface area contributed by atoms with Crippen molar-refractivity contribution in [2.24, 2.45) is 0 Å². The molecular weight excluding hydrogens is 542 g/mol. The van der Waals surface area contributed by atoms with Crippen LogP contribution in [0.1, 0.15) is 72.3 Å². The molecule has 1 fully saturated rings. The van der Waals surface area contributed by atoms with Gasteiger partial charge in [0, 0.05) is 18.0 Å². The molecule has 6 heteroatoms. The van der Waals surface area contributed by atoms with Gasteiger partial charge in [0.15, 0.2) is 0 Å². The number of aromatic nitrogens is 2. The summed E-state index contributed by atoms with van der Waals surface area (Å²) in [7, 11) is 0. The Bertz CT molecular complexity index is 1770. The van der Waals surface area contributed by atoms with E-state index < -0.39 is 0 Å². The third-order valence-electron chi connectivity index (χ3n) is 9.14. The molecular formula is C36H34ClN3O2. The molecule has 1 saturated carbocycles. The van der Waals surface area contributed by atoms with E-state index in [9.17, 15) is 9.59 Å². The van der Waals surface area contributed by atoms with Gasteiger partial charge in [-0.15, -0.1) is 0 Å². The molecule has 3 aromatic carbocycles. The normalized spacial score (nSPS) is 17.4. The smallest absolute Gasteiger partial charge is 0.256 e. The van der Waals surface area contributed by atoms with Crippen LogP contribution in [-0.4, -0.2) is 27.3 Å². The molecule has 2 aliphatic carbocycles. The van der Waals surface area contributed by atoms with E-state index in [-0.39, 0.29) is 23.3 Å². The monoisotopic (exact) mass is 575 g/mol. The SMILES string of the molecule is O=C(Cc1cccc(-c2cccc(Cl)c2)c1)N1CCc2nc(C3(c4cccc(C5=CCCCC5)c4)CC3)[nH]c(=O)c2C1.